The zero-order valence-electron chi connectivity index (χ0n) is 10.4. The second-order valence-electron chi connectivity index (χ2n) is 3.69. The minimum Gasteiger partial charge on any atom is -0.355 e. The minimum absolute atomic E-state index is 0.0512. The quantitative estimate of drug-likeness (QED) is 0.801. The van der Waals surface area contributed by atoms with Gasteiger partial charge in [0.15, 0.2) is 6.29 Å². The van der Waals surface area contributed by atoms with Gasteiger partial charge in [0.2, 0.25) is 10.0 Å². The predicted molar refractivity (Wildman–Crippen MR) is 71.9 cm³/mol. The Morgan fingerprint density at radius 3 is 2.44 bits per heavy atom. The van der Waals surface area contributed by atoms with Crippen LogP contribution in [-0.4, -0.2) is 35.5 Å². The van der Waals surface area contributed by atoms with Gasteiger partial charge in [0.1, 0.15) is 0 Å². The highest BCUT2D eigenvalue weighted by Gasteiger charge is 2.19. The van der Waals surface area contributed by atoms with Gasteiger partial charge < -0.3 is 9.47 Å². The summed E-state index contributed by atoms with van der Waals surface area (Å²) in [5.41, 5.74) is 0.979. The number of ether oxygens (including phenoxy) is 2. The molecule has 0 fully saturated rings. The third-order valence-corrected chi connectivity index (χ3v) is 4.74. The molecule has 0 saturated carbocycles. The lowest BCUT2D eigenvalue weighted by molar-refractivity contribution is -0.0960. The Labute approximate surface area is 116 Å². The summed E-state index contributed by atoms with van der Waals surface area (Å²) in [5.74, 6) is 0. The number of hydrogen-bond donors (Lipinski definition) is 1. The van der Waals surface area contributed by atoms with E-state index in [1.165, 1.54) is 14.2 Å². The first kappa shape index (κ1) is 15.6. The molecule has 0 heterocycles. The molecule has 1 aromatic rings. The van der Waals surface area contributed by atoms with Gasteiger partial charge in [0.05, 0.1) is 11.4 Å². The number of hydrogen-bond acceptors (Lipinski definition) is 4. The molecule has 7 heteroatoms. The van der Waals surface area contributed by atoms with Crippen LogP contribution in [0.5, 0.6) is 0 Å². The van der Waals surface area contributed by atoms with Crippen molar-refractivity contribution in [3.8, 4) is 0 Å². The average molecular weight is 338 g/mol. The van der Waals surface area contributed by atoms with E-state index in [4.69, 9.17) is 9.47 Å². The Bertz CT molecular complexity index is 500. The van der Waals surface area contributed by atoms with E-state index in [9.17, 15) is 8.42 Å². The van der Waals surface area contributed by atoms with Gasteiger partial charge in [0, 0.05) is 18.7 Å². The molecular weight excluding hydrogens is 322 g/mol. The Balaban J connectivity index is 2.86. The molecule has 0 atom stereocenters. The van der Waals surface area contributed by atoms with Crippen molar-refractivity contribution >= 4 is 26.0 Å². The van der Waals surface area contributed by atoms with Crippen LogP contribution in [0.1, 0.15) is 5.56 Å². The molecular formula is C11H16BrNO4S. The van der Waals surface area contributed by atoms with E-state index in [0.717, 1.165) is 5.56 Å². The Kier molecular flexibility index (Phi) is 5.74. The lowest BCUT2D eigenvalue weighted by Crippen LogP contribution is -2.34. The van der Waals surface area contributed by atoms with Gasteiger partial charge in [-0.05, 0) is 40.5 Å². The van der Waals surface area contributed by atoms with E-state index in [2.05, 4.69) is 20.7 Å². The van der Waals surface area contributed by atoms with E-state index in [1.54, 1.807) is 18.2 Å². The van der Waals surface area contributed by atoms with E-state index in [-0.39, 0.29) is 11.4 Å². The van der Waals surface area contributed by atoms with Crippen LogP contribution in [0.4, 0.5) is 0 Å². The Hall–Kier alpha value is -0.470. The monoisotopic (exact) mass is 337 g/mol. The first-order valence-electron chi connectivity index (χ1n) is 5.22. The number of nitrogens with one attached hydrogen (secondary N) is 1. The molecule has 0 amide bonds. The molecule has 18 heavy (non-hydrogen) atoms. The van der Waals surface area contributed by atoms with Crippen molar-refractivity contribution in [3.05, 3.63) is 28.2 Å². The van der Waals surface area contributed by atoms with Gasteiger partial charge in [-0.3, -0.25) is 0 Å². The molecule has 1 N–H and O–H groups in total. The zero-order valence-corrected chi connectivity index (χ0v) is 12.8. The summed E-state index contributed by atoms with van der Waals surface area (Å²) in [6.45, 7) is 1.94. The van der Waals surface area contributed by atoms with Gasteiger partial charge in [-0.1, -0.05) is 6.07 Å². The van der Waals surface area contributed by atoms with Gasteiger partial charge in [-0.2, -0.15) is 0 Å². The van der Waals surface area contributed by atoms with Crippen molar-refractivity contribution in [1.29, 1.82) is 0 Å². The van der Waals surface area contributed by atoms with Gasteiger partial charge in [0.25, 0.3) is 0 Å². The van der Waals surface area contributed by atoms with Crippen LogP contribution in [0.3, 0.4) is 0 Å². The van der Waals surface area contributed by atoms with Crippen molar-refractivity contribution in [2.45, 2.75) is 18.1 Å². The van der Waals surface area contributed by atoms with Crippen molar-refractivity contribution in [3.63, 3.8) is 0 Å². The normalized spacial score (nSPS) is 12.1. The van der Waals surface area contributed by atoms with Crippen LogP contribution >= 0.6 is 15.9 Å². The summed E-state index contributed by atoms with van der Waals surface area (Å²) in [7, 11) is -0.682. The topological polar surface area (TPSA) is 64.6 Å². The van der Waals surface area contributed by atoms with Crippen LogP contribution in [0.25, 0.3) is 0 Å². The maximum Gasteiger partial charge on any atom is 0.241 e. The number of halogens is 1. The number of benzene rings is 1. The van der Waals surface area contributed by atoms with Crippen molar-refractivity contribution in [1.82, 2.24) is 4.72 Å². The zero-order chi connectivity index (χ0) is 13.8. The largest absolute Gasteiger partial charge is 0.355 e. The second kappa shape index (κ2) is 6.63. The lowest BCUT2D eigenvalue weighted by atomic mass is 10.2. The maximum absolute atomic E-state index is 12.0. The molecule has 0 radical (unpaired) electrons. The van der Waals surface area contributed by atoms with E-state index in [1.807, 2.05) is 6.92 Å². The third kappa shape index (κ3) is 4.03. The molecule has 0 bridgehead atoms. The molecule has 0 unspecified atom stereocenters. The molecule has 1 aromatic carbocycles. The summed E-state index contributed by atoms with van der Waals surface area (Å²) in [6.07, 6.45) is -0.607. The lowest BCUT2D eigenvalue weighted by Gasteiger charge is -2.15. The van der Waals surface area contributed by atoms with E-state index >= 15 is 0 Å². The molecule has 0 aromatic heterocycles. The van der Waals surface area contributed by atoms with E-state index in [0.29, 0.717) is 4.47 Å². The molecule has 0 aliphatic heterocycles. The van der Waals surface area contributed by atoms with Crippen LogP contribution in [0, 0.1) is 6.92 Å². The molecule has 102 valence electrons. The van der Waals surface area contributed by atoms with Crippen molar-refractivity contribution in [2.75, 3.05) is 20.8 Å². The molecule has 0 saturated heterocycles. The van der Waals surface area contributed by atoms with Crippen molar-refractivity contribution in [2.24, 2.45) is 0 Å². The Morgan fingerprint density at radius 2 is 1.94 bits per heavy atom. The summed E-state index contributed by atoms with van der Waals surface area (Å²) in [6, 6.07) is 5.04. The summed E-state index contributed by atoms with van der Waals surface area (Å²) in [4.78, 5) is 0.194. The fraction of sp³-hybridized carbons (Fsp3) is 0.455. The highest BCUT2D eigenvalue weighted by atomic mass is 79.9. The smallest absolute Gasteiger partial charge is 0.241 e. The van der Waals surface area contributed by atoms with Crippen LogP contribution in [-0.2, 0) is 19.5 Å². The summed E-state index contributed by atoms with van der Waals surface area (Å²) >= 11 is 3.24. The number of aryl methyl sites for hydroxylation is 1. The molecule has 0 aliphatic carbocycles. The number of methoxy groups -OCH3 is 2. The summed E-state index contributed by atoms with van der Waals surface area (Å²) < 4.78 is 36.9. The van der Waals surface area contributed by atoms with Gasteiger partial charge in [-0.25, -0.2) is 13.1 Å². The van der Waals surface area contributed by atoms with Crippen LogP contribution < -0.4 is 4.72 Å². The van der Waals surface area contributed by atoms with Crippen molar-refractivity contribution < 1.29 is 17.9 Å². The van der Waals surface area contributed by atoms with Gasteiger partial charge in [-0.15, -0.1) is 0 Å². The highest BCUT2D eigenvalue weighted by Crippen LogP contribution is 2.22. The first-order chi connectivity index (χ1) is 8.40. The number of rotatable bonds is 6. The molecule has 0 aliphatic rings. The molecule has 1 rings (SSSR count). The standard InChI is InChI=1S/C11H16BrNO4S/c1-8-4-5-10(9(12)6-8)18(14,15)13-7-11(16-2)17-3/h4-6,11,13H,7H2,1-3H3. The molecule has 0 spiro atoms. The minimum atomic E-state index is -3.58. The SMILES string of the molecule is COC(CNS(=O)(=O)c1ccc(C)cc1Br)OC. The van der Waals surface area contributed by atoms with Crippen LogP contribution in [0.2, 0.25) is 0 Å². The third-order valence-electron chi connectivity index (χ3n) is 2.34. The van der Waals surface area contributed by atoms with Gasteiger partial charge >= 0.3 is 0 Å². The fourth-order valence-electron chi connectivity index (χ4n) is 1.34. The average Bonchev–Trinajstić information content (AvgIpc) is 2.29. The summed E-state index contributed by atoms with van der Waals surface area (Å²) in [5, 5.41) is 0. The molecule has 5 nitrogen and oxygen atoms in total. The second-order valence-corrected chi connectivity index (χ2v) is 6.28. The highest BCUT2D eigenvalue weighted by molar-refractivity contribution is 9.10. The van der Waals surface area contributed by atoms with E-state index < -0.39 is 16.3 Å². The van der Waals surface area contributed by atoms with Crippen LogP contribution in [0.15, 0.2) is 27.6 Å². The Morgan fingerprint density at radius 1 is 1.33 bits per heavy atom. The first-order valence-corrected chi connectivity index (χ1v) is 7.49. The fourth-order valence-corrected chi connectivity index (χ4v) is 3.55. The predicted octanol–water partition coefficient (Wildman–Crippen LogP) is 1.65. The number of sulfonamides is 1. The maximum atomic E-state index is 12.0.